The van der Waals surface area contributed by atoms with E-state index in [9.17, 15) is 0 Å². The van der Waals surface area contributed by atoms with Gasteiger partial charge < -0.3 is 0 Å². The Morgan fingerprint density at radius 1 is 1.00 bits per heavy atom. The Hall–Kier alpha value is 0. The molecule has 0 N–H and O–H groups in total. The normalized spacial score (nSPS) is 6.67. The molecule has 0 aromatic rings. The van der Waals surface area contributed by atoms with Gasteiger partial charge in [-0.2, -0.15) is 0 Å². The molecular formula is C9H26. The number of rotatable bonds is 2. The summed E-state index contributed by atoms with van der Waals surface area (Å²) in [7, 11) is 0. The average molecular weight is 134 g/mol. The van der Waals surface area contributed by atoms with E-state index in [1.807, 2.05) is 0 Å². The topological polar surface area (TPSA) is 0 Å². The fraction of sp³-hybridized carbons (Fsp3) is 1.00. The molecule has 0 aliphatic carbocycles. The monoisotopic (exact) mass is 134 g/mol. The lowest BCUT2D eigenvalue weighted by Crippen LogP contribution is -1.81. The highest BCUT2D eigenvalue weighted by Crippen LogP contribution is 2.00. The summed E-state index contributed by atoms with van der Waals surface area (Å²) in [5.41, 5.74) is 0. The molecule has 0 radical (unpaired) electrons. The van der Waals surface area contributed by atoms with Crippen molar-refractivity contribution in [2.24, 2.45) is 5.92 Å². The van der Waals surface area contributed by atoms with Crippen molar-refractivity contribution in [2.75, 3.05) is 0 Å². The largest absolute Gasteiger partial charge is 0.0776 e. The van der Waals surface area contributed by atoms with Gasteiger partial charge in [-0.1, -0.05) is 55.9 Å². The highest BCUT2D eigenvalue weighted by Gasteiger charge is 1.85. The molecule has 0 saturated heterocycles. The van der Waals surface area contributed by atoms with E-state index in [0.717, 1.165) is 5.92 Å². The maximum atomic E-state index is 2.25. The molecule has 0 fully saturated rings. The highest BCUT2D eigenvalue weighted by atomic mass is 13.9. The molecule has 0 unspecified atom stereocenters. The Bertz CT molecular complexity index is 21.2. The van der Waals surface area contributed by atoms with Crippen molar-refractivity contribution in [3.63, 3.8) is 0 Å². The molecule has 0 nitrogen and oxygen atoms in total. The minimum absolute atomic E-state index is 0. The van der Waals surface area contributed by atoms with Crippen LogP contribution in [0.15, 0.2) is 0 Å². The Labute approximate surface area is 62.7 Å². The summed E-state index contributed by atoms with van der Waals surface area (Å²) >= 11 is 0. The van der Waals surface area contributed by atoms with Crippen molar-refractivity contribution in [3.8, 4) is 0 Å². The van der Waals surface area contributed by atoms with Crippen LogP contribution in [0.4, 0.5) is 0 Å². The summed E-state index contributed by atoms with van der Waals surface area (Å²) in [6, 6.07) is 0. The summed E-state index contributed by atoms with van der Waals surface area (Å²) in [5, 5.41) is 0. The van der Waals surface area contributed by atoms with Crippen molar-refractivity contribution in [2.45, 2.75) is 55.9 Å². The van der Waals surface area contributed by atoms with Gasteiger partial charge in [0, 0.05) is 0 Å². The first kappa shape index (κ1) is 23.0. The van der Waals surface area contributed by atoms with E-state index in [-0.39, 0.29) is 22.3 Å². The van der Waals surface area contributed by atoms with Crippen molar-refractivity contribution in [1.82, 2.24) is 0 Å². The molecule has 0 saturated carbocycles. The van der Waals surface area contributed by atoms with E-state index in [1.165, 1.54) is 12.8 Å². The second-order valence-electron chi connectivity index (χ2n) is 2.18. The minimum Gasteiger partial charge on any atom is -0.0776 e. The molecule has 0 aromatic heterocycles. The maximum Gasteiger partial charge on any atom is -0.0471 e. The number of hydrogen-bond acceptors (Lipinski definition) is 0. The van der Waals surface area contributed by atoms with Gasteiger partial charge in [0.25, 0.3) is 0 Å². The standard InChI is InChI=1S/C6H14.3CH4/c1-4-5-6(2)3;;;/h6H,4-5H2,1-3H3;3*1H4. The summed E-state index contributed by atoms with van der Waals surface area (Å²) in [4.78, 5) is 0. The fourth-order valence-electron chi connectivity index (χ4n) is 0.577. The molecule has 0 heterocycles. The molecule has 0 aromatic carbocycles. The van der Waals surface area contributed by atoms with Crippen molar-refractivity contribution in [1.29, 1.82) is 0 Å². The van der Waals surface area contributed by atoms with E-state index >= 15 is 0 Å². The Kier molecular flexibility index (Phi) is 40.1. The van der Waals surface area contributed by atoms with Crippen LogP contribution < -0.4 is 0 Å². The first-order valence-electron chi connectivity index (χ1n) is 2.77. The van der Waals surface area contributed by atoms with Gasteiger partial charge in [0.05, 0.1) is 0 Å². The van der Waals surface area contributed by atoms with Crippen LogP contribution in [0.2, 0.25) is 0 Å². The van der Waals surface area contributed by atoms with E-state index in [0.29, 0.717) is 0 Å². The molecule has 0 aliphatic rings. The minimum atomic E-state index is 0. The molecule has 0 bridgehead atoms. The third-order valence-electron chi connectivity index (χ3n) is 0.866. The highest BCUT2D eigenvalue weighted by molar-refractivity contribution is 4.38. The van der Waals surface area contributed by atoms with Crippen LogP contribution in [-0.4, -0.2) is 0 Å². The lowest BCUT2D eigenvalue weighted by atomic mass is 10.1. The van der Waals surface area contributed by atoms with Crippen LogP contribution in [0.3, 0.4) is 0 Å². The van der Waals surface area contributed by atoms with Crippen LogP contribution >= 0.6 is 0 Å². The van der Waals surface area contributed by atoms with Gasteiger partial charge in [0.2, 0.25) is 0 Å². The zero-order valence-corrected chi connectivity index (χ0v) is 4.99. The quantitative estimate of drug-likeness (QED) is 0.526. The molecule has 0 rings (SSSR count). The first-order chi connectivity index (χ1) is 2.77. The lowest BCUT2D eigenvalue weighted by Gasteiger charge is -1.95. The molecule has 0 aliphatic heterocycles. The number of hydrogen-bond donors (Lipinski definition) is 0. The van der Waals surface area contributed by atoms with Crippen molar-refractivity contribution < 1.29 is 0 Å². The van der Waals surface area contributed by atoms with Crippen LogP contribution in [0.25, 0.3) is 0 Å². The molecule has 62 valence electrons. The van der Waals surface area contributed by atoms with Crippen LogP contribution in [0.5, 0.6) is 0 Å². The first-order valence-corrected chi connectivity index (χ1v) is 2.77. The summed E-state index contributed by atoms with van der Waals surface area (Å²) in [6.07, 6.45) is 2.71. The Morgan fingerprint density at radius 2 is 1.33 bits per heavy atom. The predicted molar refractivity (Wildman–Crippen MR) is 49.9 cm³/mol. The fourth-order valence-corrected chi connectivity index (χ4v) is 0.577. The molecule has 0 spiro atoms. The van der Waals surface area contributed by atoms with Crippen molar-refractivity contribution >= 4 is 0 Å². The van der Waals surface area contributed by atoms with Gasteiger partial charge in [-0.05, 0) is 5.92 Å². The van der Waals surface area contributed by atoms with E-state index in [2.05, 4.69) is 20.8 Å². The van der Waals surface area contributed by atoms with E-state index in [4.69, 9.17) is 0 Å². The molecule has 0 atom stereocenters. The molecular weight excluding hydrogens is 108 g/mol. The van der Waals surface area contributed by atoms with Gasteiger partial charge in [-0.25, -0.2) is 0 Å². The third-order valence-corrected chi connectivity index (χ3v) is 0.866. The summed E-state index contributed by atoms with van der Waals surface area (Å²) in [6.45, 7) is 6.73. The van der Waals surface area contributed by atoms with Gasteiger partial charge >= 0.3 is 0 Å². The van der Waals surface area contributed by atoms with Crippen LogP contribution in [0.1, 0.15) is 55.9 Å². The smallest absolute Gasteiger partial charge is 0.0471 e. The van der Waals surface area contributed by atoms with E-state index < -0.39 is 0 Å². The SMILES string of the molecule is C.C.C.CCCC(C)C. The molecule has 0 amide bonds. The maximum absolute atomic E-state index is 2.25. The van der Waals surface area contributed by atoms with Crippen molar-refractivity contribution in [3.05, 3.63) is 0 Å². The van der Waals surface area contributed by atoms with Gasteiger partial charge in [0.1, 0.15) is 0 Å². The van der Waals surface area contributed by atoms with Gasteiger partial charge in [-0.15, -0.1) is 0 Å². The van der Waals surface area contributed by atoms with Gasteiger partial charge in [-0.3, -0.25) is 0 Å². The van der Waals surface area contributed by atoms with Crippen LogP contribution in [-0.2, 0) is 0 Å². The summed E-state index contributed by atoms with van der Waals surface area (Å²) in [5.74, 6) is 0.898. The predicted octanol–water partition coefficient (Wildman–Crippen LogP) is 4.35. The Balaban J connectivity index is -0.0000000417. The zero-order chi connectivity index (χ0) is 4.99. The second kappa shape index (κ2) is 15.7. The Morgan fingerprint density at radius 3 is 1.33 bits per heavy atom. The summed E-state index contributed by atoms with van der Waals surface area (Å²) < 4.78 is 0. The van der Waals surface area contributed by atoms with Crippen LogP contribution in [0, 0.1) is 5.92 Å². The molecule has 9 heavy (non-hydrogen) atoms. The average Bonchev–Trinajstić information content (AvgIpc) is 1.35. The second-order valence-corrected chi connectivity index (χ2v) is 2.18. The van der Waals surface area contributed by atoms with Gasteiger partial charge in [0.15, 0.2) is 0 Å². The molecule has 0 heteroatoms. The van der Waals surface area contributed by atoms with E-state index in [1.54, 1.807) is 0 Å². The third kappa shape index (κ3) is 32.0. The lowest BCUT2D eigenvalue weighted by molar-refractivity contribution is 0.576. The zero-order valence-electron chi connectivity index (χ0n) is 4.99.